The van der Waals surface area contributed by atoms with Crippen LogP contribution in [0.3, 0.4) is 0 Å². The number of thiophene rings is 1. The molecule has 3 rings (SSSR count). The summed E-state index contributed by atoms with van der Waals surface area (Å²) >= 11 is 0.860. The lowest BCUT2D eigenvalue weighted by atomic mass is 10.1. The van der Waals surface area contributed by atoms with Crippen molar-refractivity contribution < 1.29 is 22.3 Å². The number of carbonyl (C=O) groups excluding carboxylic acids is 1. The summed E-state index contributed by atoms with van der Waals surface area (Å²) in [5.74, 6) is -0.828. The van der Waals surface area contributed by atoms with E-state index in [0.717, 1.165) is 11.3 Å². The Kier molecular flexibility index (Phi) is 5.91. The largest absolute Gasteiger partial charge is 0.444 e. The van der Waals surface area contributed by atoms with Crippen LogP contribution in [0.2, 0.25) is 0 Å². The molecule has 148 valence electrons. The average molecular weight is 431 g/mol. The van der Waals surface area contributed by atoms with Gasteiger partial charge in [0.1, 0.15) is 10.8 Å². The minimum Gasteiger partial charge on any atom is -0.444 e. The Morgan fingerprint density at radius 1 is 1.28 bits per heavy atom. The first-order valence-electron chi connectivity index (χ1n) is 8.20. The zero-order valence-electron chi connectivity index (χ0n) is 15.0. The maximum Gasteiger partial charge on any atom is 0.407 e. The minimum atomic E-state index is -4.07. The summed E-state index contributed by atoms with van der Waals surface area (Å²) in [6.45, 7) is -0.188. The number of pyridine rings is 1. The number of rotatable bonds is 5. The van der Waals surface area contributed by atoms with Gasteiger partial charge in [-0.1, -0.05) is 6.07 Å². The molecule has 0 unspecified atom stereocenters. The van der Waals surface area contributed by atoms with Crippen LogP contribution < -0.4 is 5.32 Å². The van der Waals surface area contributed by atoms with Gasteiger partial charge in [-0.05, 0) is 36.4 Å². The number of aromatic nitrogens is 1. The van der Waals surface area contributed by atoms with Gasteiger partial charge in [0.15, 0.2) is 0 Å². The number of alkyl carbamates (subject to hydrolysis) is 1. The molecular weight excluding hydrogens is 417 g/mol. The van der Waals surface area contributed by atoms with Crippen LogP contribution in [-0.4, -0.2) is 26.5 Å². The van der Waals surface area contributed by atoms with E-state index in [1.807, 2.05) is 6.07 Å². The Labute approximate surface area is 170 Å². The van der Waals surface area contributed by atoms with Crippen LogP contribution in [0.5, 0.6) is 0 Å². The number of hydrogen-bond acceptors (Lipinski definition) is 7. The summed E-state index contributed by atoms with van der Waals surface area (Å²) in [7, 11) is -2.68. The third kappa shape index (κ3) is 4.26. The number of amides is 1. The van der Waals surface area contributed by atoms with Crippen molar-refractivity contribution in [2.24, 2.45) is 0 Å². The van der Waals surface area contributed by atoms with Crippen molar-refractivity contribution in [3.8, 4) is 17.2 Å². The summed E-state index contributed by atoms with van der Waals surface area (Å²) in [6, 6.07) is 11.8. The highest BCUT2D eigenvalue weighted by molar-refractivity contribution is 7.93. The highest BCUT2D eigenvalue weighted by atomic mass is 32.2. The third-order valence-electron chi connectivity index (χ3n) is 3.87. The predicted octanol–water partition coefficient (Wildman–Crippen LogP) is 3.51. The van der Waals surface area contributed by atoms with Gasteiger partial charge in [-0.2, -0.15) is 9.65 Å². The number of halogens is 1. The average Bonchev–Trinajstić information content (AvgIpc) is 3.17. The summed E-state index contributed by atoms with van der Waals surface area (Å²) in [5, 5.41) is 11.4. The van der Waals surface area contributed by atoms with Gasteiger partial charge in [0.25, 0.3) is 0 Å². The van der Waals surface area contributed by atoms with E-state index < -0.39 is 21.9 Å². The summed E-state index contributed by atoms with van der Waals surface area (Å²) < 4.78 is 45.7. The molecule has 0 atom stereocenters. The number of nitrogens with one attached hydrogen (secondary N) is 1. The molecule has 3 aromatic rings. The van der Waals surface area contributed by atoms with Crippen molar-refractivity contribution in [2.75, 3.05) is 7.05 Å². The first-order chi connectivity index (χ1) is 13.9. The summed E-state index contributed by atoms with van der Waals surface area (Å²) in [4.78, 5) is 15.2. The van der Waals surface area contributed by atoms with Crippen LogP contribution in [0, 0.1) is 17.3 Å². The van der Waals surface area contributed by atoms with E-state index in [1.165, 1.54) is 55.7 Å². The lowest BCUT2D eigenvalue weighted by Crippen LogP contribution is -2.18. The smallest absolute Gasteiger partial charge is 0.407 e. The van der Waals surface area contributed by atoms with Crippen molar-refractivity contribution in [1.29, 1.82) is 5.26 Å². The van der Waals surface area contributed by atoms with E-state index in [1.54, 1.807) is 0 Å². The van der Waals surface area contributed by atoms with E-state index in [9.17, 15) is 17.6 Å². The standard InChI is InChI=1S/C19H14FN3O4S2/c1-22-19(24)27-11-13-9-16(15-6-3-7-23-17(15)20)18(28-13)29(25,26)14-5-2-4-12(8-14)10-21/h2-9H,11H2,1H3,(H,22,24). The van der Waals surface area contributed by atoms with Crippen molar-refractivity contribution in [3.63, 3.8) is 0 Å². The predicted molar refractivity (Wildman–Crippen MR) is 103 cm³/mol. The van der Waals surface area contributed by atoms with E-state index in [-0.39, 0.29) is 32.4 Å². The zero-order valence-corrected chi connectivity index (χ0v) is 16.7. The second-order valence-corrected chi connectivity index (χ2v) is 9.01. The summed E-state index contributed by atoms with van der Waals surface area (Å²) in [5.41, 5.74) is 0.295. The van der Waals surface area contributed by atoms with Crippen molar-refractivity contribution in [3.05, 3.63) is 65.0 Å². The molecule has 1 aromatic carbocycles. The molecule has 0 fully saturated rings. The highest BCUT2D eigenvalue weighted by Crippen LogP contribution is 2.39. The molecule has 0 spiro atoms. The van der Waals surface area contributed by atoms with Gasteiger partial charge in [0, 0.05) is 29.2 Å². The van der Waals surface area contributed by atoms with Crippen LogP contribution in [0.25, 0.3) is 11.1 Å². The van der Waals surface area contributed by atoms with Gasteiger partial charge in [-0.3, -0.25) is 0 Å². The molecule has 0 saturated carbocycles. The third-order valence-corrected chi connectivity index (χ3v) is 7.26. The minimum absolute atomic E-state index is 0.00459. The Bertz CT molecular complexity index is 1220. The fourth-order valence-corrected chi connectivity index (χ4v) is 5.59. The van der Waals surface area contributed by atoms with Gasteiger partial charge < -0.3 is 10.1 Å². The van der Waals surface area contributed by atoms with Gasteiger partial charge >= 0.3 is 6.09 Å². The monoisotopic (exact) mass is 431 g/mol. The van der Waals surface area contributed by atoms with E-state index in [0.29, 0.717) is 4.88 Å². The second-order valence-electron chi connectivity index (χ2n) is 5.72. The molecule has 10 heteroatoms. The fraction of sp³-hybridized carbons (Fsp3) is 0.105. The molecule has 1 N–H and O–H groups in total. The topological polar surface area (TPSA) is 109 Å². The van der Waals surface area contributed by atoms with Gasteiger partial charge in [0.2, 0.25) is 15.8 Å². The maximum absolute atomic E-state index is 14.3. The number of benzene rings is 1. The van der Waals surface area contributed by atoms with Crippen molar-refractivity contribution in [1.82, 2.24) is 10.3 Å². The van der Waals surface area contributed by atoms with E-state index >= 15 is 0 Å². The molecule has 0 aliphatic carbocycles. The second kappa shape index (κ2) is 8.38. The van der Waals surface area contributed by atoms with Gasteiger partial charge in [-0.25, -0.2) is 18.2 Å². The lowest BCUT2D eigenvalue weighted by molar-refractivity contribution is 0.143. The zero-order chi connectivity index (χ0) is 21.0. The number of carbonyl (C=O) groups is 1. The normalized spacial score (nSPS) is 10.9. The molecule has 0 aliphatic heterocycles. The Balaban J connectivity index is 2.15. The van der Waals surface area contributed by atoms with E-state index in [4.69, 9.17) is 10.00 Å². The molecule has 7 nitrogen and oxygen atoms in total. The molecule has 0 bridgehead atoms. The highest BCUT2D eigenvalue weighted by Gasteiger charge is 2.27. The van der Waals surface area contributed by atoms with Gasteiger partial charge in [0.05, 0.1) is 16.5 Å². The lowest BCUT2D eigenvalue weighted by Gasteiger charge is -2.07. The number of nitriles is 1. The first kappa shape index (κ1) is 20.4. The molecule has 2 aromatic heterocycles. The molecule has 1 amide bonds. The van der Waals surface area contributed by atoms with Crippen LogP contribution >= 0.6 is 11.3 Å². The molecule has 0 aliphatic rings. The SMILES string of the molecule is CNC(=O)OCc1cc(-c2cccnc2F)c(S(=O)(=O)c2cccc(C#N)c2)s1. The van der Waals surface area contributed by atoms with E-state index in [2.05, 4.69) is 10.3 Å². The van der Waals surface area contributed by atoms with Crippen LogP contribution in [0.15, 0.2) is 57.8 Å². The van der Waals surface area contributed by atoms with Crippen LogP contribution in [0.4, 0.5) is 9.18 Å². The van der Waals surface area contributed by atoms with Crippen molar-refractivity contribution in [2.45, 2.75) is 15.7 Å². The molecular formula is C19H14FN3O4S2. The molecule has 29 heavy (non-hydrogen) atoms. The Morgan fingerprint density at radius 2 is 2.07 bits per heavy atom. The number of ether oxygens (including phenoxy) is 1. The van der Waals surface area contributed by atoms with Crippen LogP contribution in [0.1, 0.15) is 10.4 Å². The Morgan fingerprint density at radius 3 is 2.76 bits per heavy atom. The van der Waals surface area contributed by atoms with Crippen molar-refractivity contribution >= 4 is 27.3 Å². The molecule has 0 radical (unpaired) electrons. The maximum atomic E-state index is 14.3. The first-order valence-corrected chi connectivity index (χ1v) is 10.5. The number of hydrogen-bond donors (Lipinski definition) is 1. The quantitative estimate of drug-likeness (QED) is 0.619. The van der Waals surface area contributed by atoms with Crippen LogP contribution in [-0.2, 0) is 21.2 Å². The number of sulfone groups is 1. The number of nitrogens with zero attached hydrogens (tertiary/aromatic N) is 2. The van der Waals surface area contributed by atoms with Gasteiger partial charge in [-0.15, -0.1) is 11.3 Å². The molecule has 2 heterocycles. The molecule has 0 saturated heterocycles. The Hall–Kier alpha value is -3.29. The summed E-state index contributed by atoms with van der Waals surface area (Å²) in [6.07, 6.45) is 0.574. The fourth-order valence-electron chi connectivity index (χ4n) is 2.52.